The van der Waals surface area contributed by atoms with Crippen molar-refractivity contribution >= 4 is 28.2 Å². The normalized spacial score (nSPS) is 14.8. The predicted molar refractivity (Wildman–Crippen MR) is 139 cm³/mol. The summed E-state index contributed by atoms with van der Waals surface area (Å²) in [5, 5.41) is 5.38. The van der Waals surface area contributed by atoms with Gasteiger partial charge in [0.15, 0.2) is 5.11 Å². The summed E-state index contributed by atoms with van der Waals surface area (Å²) in [6.07, 6.45) is 7.12. The van der Waals surface area contributed by atoms with Gasteiger partial charge in [-0.1, -0.05) is 44.7 Å². The van der Waals surface area contributed by atoms with Crippen LogP contribution in [0.3, 0.4) is 0 Å². The third kappa shape index (κ3) is 6.32. The number of fused-ring (bicyclic) bond motifs is 1. The molecule has 1 aliphatic rings. The number of nitrogens with one attached hydrogen (secondary N) is 2. The molecule has 0 amide bonds. The molecule has 176 valence electrons. The van der Waals surface area contributed by atoms with Crippen molar-refractivity contribution in [3.63, 3.8) is 0 Å². The smallest absolute Gasteiger partial charge is 0.253 e. The van der Waals surface area contributed by atoms with Crippen LogP contribution in [0.15, 0.2) is 23.0 Å². The Kier molecular flexibility index (Phi) is 9.11. The van der Waals surface area contributed by atoms with Gasteiger partial charge in [0.2, 0.25) is 0 Å². The molecule has 0 bridgehead atoms. The van der Waals surface area contributed by atoms with E-state index >= 15 is 0 Å². The number of hydrogen-bond acceptors (Lipinski definition) is 3. The first-order valence-corrected chi connectivity index (χ1v) is 12.7. The van der Waals surface area contributed by atoms with E-state index in [2.05, 4.69) is 66.0 Å². The van der Waals surface area contributed by atoms with E-state index in [1.165, 1.54) is 24.8 Å². The van der Waals surface area contributed by atoms with Crippen LogP contribution in [0.2, 0.25) is 0 Å². The van der Waals surface area contributed by atoms with E-state index in [0.29, 0.717) is 12.6 Å². The van der Waals surface area contributed by atoms with Crippen LogP contribution in [-0.4, -0.2) is 52.1 Å². The minimum atomic E-state index is -0.00500. The number of H-pyrrole nitrogens is 1. The van der Waals surface area contributed by atoms with Gasteiger partial charge in [0, 0.05) is 18.2 Å². The van der Waals surface area contributed by atoms with E-state index in [0.717, 1.165) is 72.6 Å². The molecule has 0 saturated heterocycles. The Morgan fingerprint density at radius 2 is 1.84 bits per heavy atom. The number of rotatable bonds is 9. The number of hydrogen-bond donors (Lipinski definition) is 2. The molecule has 0 radical (unpaired) electrons. The van der Waals surface area contributed by atoms with Crippen LogP contribution >= 0.6 is 12.2 Å². The zero-order valence-electron chi connectivity index (χ0n) is 20.3. The van der Waals surface area contributed by atoms with E-state index in [9.17, 15) is 4.79 Å². The van der Waals surface area contributed by atoms with Gasteiger partial charge in [-0.2, -0.15) is 0 Å². The molecule has 3 rings (SSSR count). The van der Waals surface area contributed by atoms with Crippen molar-refractivity contribution in [2.24, 2.45) is 0 Å². The van der Waals surface area contributed by atoms with Crippen molar-refractivity contribution in [2.75, 3.05) is 26.2 Å². The predicted octanol–water partition coefficient (Wildman–Crippen LogP) is 4.89. The van der Waals surface area contributed by atoms with Gasteiger partial charge in [-0.3, -0.25) is 4.79 Å². The lowest BCUT2D eigenvalue weighted by Crippen LogP contribution is -2.47. The lowest BCUT2D eigenvalue weighted by Gasteiger charge is -2.36. The molecule has 32 heavy (non-hydrogen) atoms. The number of nitrogens with zero attached hydrogens (tertiary/aromatic N) is 2. The Morgan fingerprint density at radius 3 is 2.53 bits per heavy atom. The Balaban J connectivity index is 1.76. The van der Waals surface area contributed by atoms with Crippen LogP contribution in [0.25, 0.3) is 10.9 Å². The lowest BCUT2D eigenvalue weighted by atomic mass is 9.94. The van der Waals surface area contributed by atoms with Crippen LogP contribution in [0.4, 0.5) is 0 Å². The molecular formula is C26H40N4OS. The first-order valence-electron chi connectivity index (χ1n) is 12.3. The molecule has 0 atom stereocenters. The van der Waals surface area contributed by atoms with Gasteiger partial charge in [-0.25, -0.2) is 0 Å². The van der Waals surface area contributed by atoms with Crippen molar-refractivity contribution < 1.29 is 0 Å². The number of benzene rings is 1. The quantitative estimate of drug-likeness (QED) is 0.416. The number of pyridine rings is 1. The second-order valence-electron chi connectivity index (χ2n) is 9.20. The molecule has 1 heterocycles. The number of aromatic amines is 1. The zero-order valence-corrected chi connectivity index (χ0v) is 21.1. The SMILES string of the molecule is CCN(CC)CCCNC(=S)N(Cc1cc2cc(C)cc(C)c2[nH]c1=O)C1CCCCC1. The summed E-state index contributed by atoms with van der Waals surface area (Å²) in [7, 11) is 0. The van der Waals surface area contributed by atoms with Gasteiger partial charge in [0.05, 0.1) is 12.1 Å². The molecule has 6 heteroatoms. The average Bonchev–Trinajstić information content (AvgIpc) is 2.78. The molecule has 1 saturated carbocycles. The monoisotopic (exact) mass is 456 g/mol. The molecule has 2 aromatic rings. The van der Waals surface area contributed by atoms with Gasteiger partial charge in [0.25, 0.3) is 5.56 Å². The topological polar surface area (TPSA) is 51.4 Å². The minimum absolute atomic E-state index is 0.00500. The minimum Gasteiger partial charge on any atom is -0.363 e. The van der Waals surface area contributed by atoms with Crippen molar-refractivity contribution in [1.29, 1.82) is 0 Å². The number of aromatic nitrogens is 1. The van der Waals surface area contributed by atoms with Crippen LogP contribution in [-0.2, 0) is 6.54 Å². The molecule has 1 aromatic carbocycles. The van der Waals surface area contributed by atoms with E-state index < -0.39 is 0 Å². The van der Waals surface area contributed by atoms with Crippen molar-refractivity contribution in [1.82, 2.24) is 20.1 Å². The lowest BCUT2D eigenvalue weighted by molar-refractivity contribution is 0.233. The second-order valence-corrected chi connectivity index (χ2v) is 9.59. The molecule has 2 N–H and O–H groups in total. The van der Waals surface area contributed by atoms with Crippen LogP contribution in [0.1, 0.15) is 69.1 Å². The number of thiocarbonyl (C=S) groups is 1. The highest BCUT2D eigenvalue weighted by Gasteiger charge is 2.24. The number of aryl methyl sites for hydroxylation is 2. The van der Waals surface area contributed by atoms with Crippen molar-refractivity contribution in [3.8, 4) is 0 Å². The van der Waals surface area contributed by atoms with Crippen LogP contribution < -0.4 is 10.9 Å². The maximum atomic E-state index is 13.0. The van der Waals surface area contributed by atoms with Crippen molar-refractivity contribution in [3.05, 3.63) is 45.2 Å². The summed E-state index contributed by atoms with van der Waals surface area (Å²) in [5.74, 6) is 0. The molecule has 1 fully saturated rings. The summed E-state index contributed by atoms with van der Waals surface area (Å²) in [5.41, 5.74) is 4.04. The van der Waals surface area contributed by atoms with Crippen LogP contribution in [0, 0.1) is 13.8 Å². The Labute approximate surface area is 198 Å². The first-order chi connectivity index (χ1) is 15.4. The Morgan fingerprint density at radius 1 is 1.12 bits per heavy atom. The van der Waals surface area contributed by atoms with Crippen LogP contribution in [0.5, 0.6) is 0 Å². The highest BCUT2D eigenvalue weighted by molar-refractivity contribution is 7.80. The highest BCUT2D eigenvalue weighted by atomic mass is 32.1. The van der Waals surface area contributed by atoms with E-state index in [4.69, 9.17) is 12.2 Å². The molecule has 0 spiro atoms. The third-order valence-corrected chi connectivity index (χ3v) is 7.19. The molecule has 5 nitrogen and oxygen atoms in total. The largest absolute Gasteiger partial charge is 0.363 e. The Hall–Kier alpha value is -1.92. The summed E-state index contributed by atoms with van der Waals surface area (Å²) < 4.78 is 0. The summed E-state index contributed by atoms with van der Waals surface area (Å²) in [4.78, 5) is 20.8. The average molecular weight is 457 g/mol. The fourth-order valence-electron chi connectivity index (χ4n) is 4.93. The molecule has 0 aliphatic heterocycles. The van der Waals surface area contributed by atoms with Gasteiger partial charge in [-0.15, -0.1) is 0 Å². The fourth-order valence-corrected chi connectivity index (χ4v) is 5.25. The Bertz CT molecular complexity index is 960. The summed E-state index contributed by atoms with van der Waals surface area (Å²) in [6, 6.07) is 6.73. The van der Waals surface area contributed by atoms with Gasteiger partial charge in [-0.05, 0) is 88.0 Å². The molecule has 1 aromatic heterocycles. The molecule has 0 unspecified atom stereocenters. The zero-order chi connectivity index (χ0) is 23.1. The maximum absolute atomic E-state index is 13.0. The van der Waals surface area contributed by atoms with Gasteiger partial charge in [0.1, 0.15) is 0 Å². The third-order valence-electron chi connectivity index (χ3n) is 6.81. The van der Waals surface area contributed by atoms with Crippen molar-refractivity contribution in [2.45, 2.75) is 78.8 Å². The molecular weight excluding hydrogens is 416 g/mol. The standard InChI is InChI=1S/C26H40N4OS/c1-5-29(6-2)14-10-13-27-26(32)30(23-11-8-7-9-12-23)18-22-17-21-16-19(3)15-20(4)24(21)28-25(22)31/h15-17,23H,5-14,18H2,1-4H3,(H,27,32)(H,28,31). The maximum Gasteiger partial charge on any atom is 0.253 e. The fraction of sp³-hybridized carbons (Fsp3) is 0.615. The van der Waals surface area contributed by atoms with E-state index in [1.807, 2.05) is 0 Å². The highest BCUT2D eigenvalue weighted by Crippen LogP contribution is 2.25. The van der Waals surface area contributed by atoms with Gasteiger partial charge < -0.3 is 20.1 Å². The first kappa shape index (κ1) is 24.7. The van der Waals surface area contributed by atoms with Gasteiger partial charge >= 0.3 is 0 Å². The summed E-state index contributed by atoms with van der Waals surface area (Å²) in [6.45, 7) is 13.2. The summed E-state index contributed by atoms with van der Waals surface area (Å²) >= 11 is 5.86. The second kappa shape index (κ2) is 11.8. The van der Waals surface area contributed by atoms with E-state index in [-0.39, 0.29) is 5.56 Å². The van der Waals surface area contributed by atoms with E-state index in [1.54, 1.807) is 0 Å². The molecule has 1 aliphatic carbocycles.